The number of fused-ring (bicyclic) bond motifs is 1. The summed E-state index contributed by atoms with van der Waals surface area (Å²) < 4.78 is 3.70. The summed E-state index contributed by atoms with van der Waals surface area (Å²) >= 11 is 0. The predicted octanol–water partition coefficient (Wildman–Crippen LogP) is 2.56. The molecule has 1 atom stereocenters. The van der Waals surface area contributed by atoms with E-state index in [1.54, 1.807) is 16.8 Å². The molecule has 3 aromatic heterocycles. The number of benzene rings is 1. The van der Waals surface area contributed by atoms with Crippen LogP contribution >= 0.6 is 0 Å². The molecule has 0 bridgehead atoms. The van der Waals surface area contributed by atoms with Crippen molar-refractivity contribution in [2.45, 2.75) is 32.4 Å². The van der Waals surface area contributed by atoms with E-state index >= 15 is 0 Å². The second-order valence-electron chi connectivity index (χ2n) is 7.43. The Bertz CT molecular complexity index is 1240. The fourth-order valence-electron chi connectivity index (χ4n) is 3.49. The van der Waals surface area contributed by atoms with Gasteiger partial charge in [-0.1, -0.05) is 17.3 Å². The average Bonchev–Trinajstić information content (AvgIpc) is 3.27. The summed E-state index contributed by atoms with van der Waals surface area (Å²) in [6, 6.07) is 9.24. The van der Waals surface area contributed by atoms with Gasteiger partial charge < -0.3 is 5.73 Å². The Morgan fingerprint density at radius 1 is 1.31 bits per heavy atom. The van der Waals surface area contributed by atoms with E-state index < -0.39 is 0 Å². The molecule has 3 heterocycles. The van der Waals surface area contributed by atoms with Crippen LogP contribution < -0.4 is 5.73 Å². The van der Waals surface area contributed by atoms with Gasteiger partial charge in [0.1, 0.15) is 23.5 Å². The Morgan fingerprint density at radius 3 is 2.97 bits per heavy atom. The van der Waals surface area contributed by atoms with Crippen LogP contribution in [-0.2, 0) is 6.54 Å². The summed E-state index contributed by atoms with van der Waals surface area (Å²) in [4.78, 5) is 8.57. The number of anilines is 1. The van der Waals surface area contributed by atoms with Gasteiger partial charge in [-0.3, -0.25) is 4.68 Å². The van der Waals surface area contributed by atoms with Crippen LogP contribution in [0, 0.1) is 17.2 Å². The molecule has 5 rings (SSSR count). The fourth-order valence-corrected chi connectivity index (χ4v) is 3.49. The Balaban J connectivity index is 1.61. The minimum absolute atomic E-state index is 0.187. The van der Waals surface area contributed by atoms with Crippen LogP contribution in [0.2, 0.25) is 0 Å². The van der Waals surface area contributed by atoms with Crippen molar-refractivity contribution in [3.05, 3.63) is 48.0 Å². The van der Waals surface area contributed by atoms with Crippen molar-refractivity contribution in [3.8, 4) is 17.3 Å². The summed E-state index contributed by atoms with van der Waals surface area (Å²) in [6.07, 6.45) is 5.92. The molecule has 0 saturated heterocycles. The molecule has 1 fully saturated rings. The lowest BCUT2D eigenvalue weighted by Gasteiger charge is -2.09. The Labute approximate surface area is 166 Å². The van der Waals surface area contributed by atoms with Crippen molar-refractivity contribution >= 4 is 16.9 Å². The third kappa shape index (κ3) is 3.08. The highest BCUT2D eigenvalue weighted by Gasteiger charge is 2.25. The maximum absolute atomic E-state index is 9.25. The molecule has 144 valence electrons. The first-order chi connectivity index (χ1) is 14.1. The van der Waals surface area contributed by atoms with Gasteiger partial charge in [0.05, 0.1) is 29.3 Å². The molecule has 1 saturated carbocycles. The first-order valence-corrected chi connectivity index (χ1v) is 9.53. The quantitative estimate of drug-likeness (QED) is 0.560. The SMILES string of the molecule is CC(c1cn(CC2CC2)nn1)n1nc(-c2cccc(C#N)c2)c2c(N)ncnc21. The van der Waals surface area contributed by atoms with Crippen molar-refractivity contribution < 1.29 is 0 Å². The van der Waals surface area contributed by atoms with Crippen LogP contribution in [0.3, 0.4) is 0 Å². The standard InChI is InChI=1S/C20H19N9/c1-12(16-10-28(27-25-16)9-13-5-6-13)29-20-17(19(22)23-11-24-20)18(26-29)15-4-2-3-14(7-15)8-21/h2-4,7,10-13H,5-6,9H2,1H3,(H2,22,23,24). The van der Waals surface area contributed by atoms with Gasteiger partial charge in [-0.2, -0.15) is 10.4 Å². The number of nitriles is 1. The van der Waals surface area contributed by atoms with Crippen molar-refractivity contribution in [3.63, 3.8) is 0 Å². The lowest BCUT2D eigenvalue weighted by Crippen LogP contribution is -2.10. The topological polar surface area (TPSA) is 124 Å². The number of nitrogens with zero attached hydrogens (tertiary/aromatic N) is 8. The highest BCUT2D eigenvalue weighted by molar-refractivity contribution is 5.98. The minimum atomic E-state index is -0.187. The largest absolute Gasteiger partial charge is 0.383 e. The highest BCUT2D eigenvalue weighted by atomic mass is 15.4. The summed E-state index contributed by atoms with van der Waals surface area (Å²) in [5.41, 5.74) is 9.60. The first kappa shape index (κ1) is 17.3. The van der Waals surface area contributed by atoms with Crippen molar-refractivity contribution in [2.75, 3.05) is 5.73 Å². The lowest BCUT2D eigenvalue weighted by atomic mass is 10.1. The summed E-state index contributed by atoms with van der Waals surface area (Å²) in [7, 11) is 0. The molecule has 29 heavy (non-hydrogen) atoms. The van der Waals surface area contributed by atoms with E-state index in [-0.39, 0.29) is 6.04 Å². The van der Waals surface area contributed by atoms with Gasteiger partial charge in [0.25, 0.3) is 0 Å². The molecule has 1 aromatic carbocycles. The van der Waals surface area contributed by atoms with E-state index in [9.17, 15) is 5.26 Å². The predicted molar refractivity (Wildman–Crippen MR) is 106 cm³/mol. The monoisotopic (exact) mass is 385 g/mol. The Morgan fingerprint density at radius 2 is 2.17 bits per heavy atom. The maximum Gasteiger partial charge on any atom is 0.164 e. The number of hydrogen-bond donors (Lipinski definition) is 1. The molecule has 9 nitrogen and oxygen atoms in total. The van der Waals surface area contributed by atoms with E-state index in [1.165, 1.54) is 19.2 Å². The van der Waals surface area contributed by atoms with Gasteiger partial charge in [-0.15, -0.1) is 5.10 Å². The molecule has 1 aliphatic rings. The normalized spacial score (nSPS) is 14.8. The third-order valence-corrected chi connectivity index (χ3v) is 5.28. The summed E-state index contributed by atoms with van der Waals surface area (Å²) in [5.74, 6) is 1.07. The summed E-state index contributed by atoms with van der Waals surface area (Å²) in [6.45, 7) is 2.91. The molecule has 0 radical (unpaired) electrons. The number of nitrogens with two attached hydrogens (primary N) is 1. The van der Waals surface area contributed by atoms with Crippen molar-refractivity contribution in [1.82, 2.24) is 34.7 Å². The molecule has 0 spiro atoms. The molecule has 4 aromatic rings. The number of aromatic nitrogens is 7. The lowest BCUT2D eigenvalue weighted by molar-refractivity contribution is 0.543. The average molecular weight is 385 g/mol. The number of rotatable bonds is 5. The second-order valence-corrected chi connectivity index (χ2v) is 7.43. The van der Waals surface area contributed by atoms with Gasteiger partial charge in [0.2, 0.25) is 0 Å². The molecule has 1 aliphatic carbocycles. The second kappa shape index (κ2) is 6.67. The molecular formula is C20H19N9. The Hall–Kier alpha value is -3.80. The minimum Gasteiger partial charge on any atom is -0.383 e. The zero-order valence-electron chi connectivity index (χ0n) is 15.9. The van der Waals surface area contributed by atoms with Crippen molar-refractivity contribution in [2.24, 2.45) is 5.92 Å². The van der Waals surface area contributed by atoms with Gasteiger partial charge in [0, 0.05) is 12.1 Å². The number of hydrogen-bond acceptors (Lipinski definition) is 7. The zero-order valence-corrected chi connectivity index (χ0v) is 15.9. The van der Waals surface area contributed by atoms with Crippen LogP contribution in [-0.4, -0.2) is 34.7 Å². The van der Waals surface area contributed by atoms with Gasteiger partial charge >= 0.3 is 0 Å². The zero-order chi connectivity index (χ0) is 20.0. The molecule has 1 unspecified atom stereocenters. The van der Waals surface area contributed by atoms with Crippen LogP contribution in [0.5, 0.6) is 0 Å². The van der Waals surface area contributed by atoms with Crippen LogP contribution in [0.4, 0.5) is 5.82 Å². The van der Waals surface area contributed by atoms with Crippen LogP contribution in [0.25, 0.3) is 22.3 Å². The van der Waals surface area contributed by atoms with E-state index in [0.29, 0.717) is 28.1 Å². The van der Waals surface area contributed by atoms with E-state index in [1.807, 2.05) is 29.9 Å². The smallest absolute Gasteiger partial charge is 0.164 e. The highest BCUT2D eigenvalue weighted by Crippen LogP contribution is 2.33. The van der Waals surface area contributed by atoms with Gasteiger partial charge in [-0.05, 0) is 37.8 Å². The van der Waals surface area contributed by atoms with Gasteiger partial charge in [0.15, 0.2) is 5.65 Å². The van der Waals surface area contributed by atoms with E-state index in [4.69, 9.17) is 10.8 Å². The molecule has 0 amide bonds. The molecule has 2 N–H and O–H groups in total. The Kier molecular flexibility index (Phi) is 3.98. The molecule has 9 heteroatoms. The van der Waals surface area contributed by atoms with Crippen molar-refractivity contribution in [1.29, 1.82) is 5.26 Å². The molecular weight excluding hydrogens is 366 g/mol. The maximum atomic E-state index is 9.25. The van der Waals surface area contributed by atoms with E-state index in [2.05, 4.69) is 26.3 Å². The van der Waals surface area contributed by atoms with Crippen LogP contribution in [0.1, 0.15) is 37.1 Å². The van der Waals surface area contributed by atoms with Crippen LogP contribution in [0.15, 0.2) is 36.8 Å². The van der Waals surface area contributed by atoms with Gasteiger partial charge in [-0.25, -0.2) is 14.6 Å². The van der Waals surface area contributed by atoms with E-state index in [0.717, 1.165) is 23.7 Å². The fraction of sp³-hybridized carbons (Fsp3) is 0.300. The molecule has 0 aliphatic heterocycles. The number of nitrogen functional groups attached to an aromatic ring is 1. The first-order valence-electron chi connectivity index (χ1n) is 9.53. The third-order valence-electron chi connectivity index (χ3n) is 5.28. The summed E-state index contributed by atoms with van der Waals surface area (Å²) in [5, 5.41) is 23.3.